The third-order valence-electron chi connectivity index (χ3n) is 21.3. The first-order valence-corrected chi connectivity index (χ1v) is 45.1. The monoisotopic (exact) mass is 1800 g/mol. The van der Waals surface area contributed by atoms with Gasteiger partial charge in [-0.05, 0) is 196 Å². The summed E-state index contributed by atoms with van der Waals surface area (Å²) in [6.45, 7) is 38.0. The molecule has 0 radical (unpaired) electrons. The Morgan fingerprint density at radius 2 is 0.722 bits per heavy atom. The first-order chi connectivity index (χ1) is 59.8. The van der Waals surface area contributed by atoms with Crippen LogP contribution in [0.4, 0.5) is 4.79 Å². The van der Waals surface area contributed by atoms with Crippen molar-refractivity contribution in [1.82, 2.24) is 48.7 Å². The molecule has 4 atom stereocenters. The average molecular weight is 1810 g/mol. The highest BCUT2D eigenvalue weighted by atomic mass is 35.5. The summed E-state index contributed by atoms with van der Waals surface area (Å²) < 4.78 is 30.6. The highest BCUT2D eigenvalue weighted by Crippen LogP contribution is 2.45. The molecular weight excluding hydrogens is 1700 g/mol. The van der Waals surface area contributed by atoms with Crippen LogP contribution in [0.1, 0.15) is 233 Å². The number of halogens is 3. The van der Waals surface area contributed by atoms with Gasteiger partial charge in [0.1, 0.15) is 85.9 Å². The quantitative estimate of drug-likeness (QED) is 0.0786. The van der Waals surface area contributed by atoms with Crippen molar-refractivity contribution in [2.45, 2.75) is 198 Å². The molecule has 0 aliphatic carbocycles. The van der Waals surface area contributed by atoms with Crippen LogP contribution in [0.2, 0.25) is 15.1 Å². The number of rotatable bonds is 14. The molecule has 11 heterocycles. The number of esters is 3. The zero-order valence-corrected chi connectivity index (χ0v) is 78.7. The van der Waals surface area contributed by atoms with Crippen LogP contribution < -0.4 is 5.32 Å². The Bertz CT molecular complexity index is 6200. The molecule has 4 aliphatic heterocycles. The van der Waals surface area contributed by atoms with Crippen LogP contribution in [-0.4, -0.2) is 114 Å². The lowest BCUT2D eigenvalue weighted by atomic mass is 9.99. The second-order valence-electron chi connectivity index (χ2n) is 34.3. The van der Waals surface area contributed by atoms with Crippen LogP contribution in [0.15, 0.2) is 196 Å². The second-order valence-corrected chi connectivity index (χ2v) is 39.2. The van der Waals surface area contributed by atoms with E-state index in [1.807, 2.05) is 271 Å². The Kier molecular flexibility index (Phi) is 27.0. The molecule has 22 nitrogen and oxygen atoms in total. The normalized spacial score (nSPS) is 15.4. The van der Waals surface area contributed by atoms with E-state index in [-0.39, 0.29) is 50.3 Å². The van der Waals surface area contributed by atoms with Crippen molar-refractivity contribution < 1.29 is 38.1 Å². The third-order valence-corrected chi connectivity index (χ3v) is 25.6. The van der Waals surface area contributed by atoms with E-state index < -0.39 is 47.1 Å². The molecule has 0 saturated carbocycles. The molecule has 0 fully saturated rings. The lowest BCUT2D eigenvalue weighted by Gasteiger charge is -2.21. The number of nitrogens with one attached hydrogen (secondary N) is 1. The minimum absolute atomic E-state index is 0.0969. The van der Waals surface area contributed by atoms with Gasteiger partial charge in [-0.15, -0.1) is 44.2 Å². The summed E-state index contributed by atoms with van der Waals surface area (Å²) >= 11 is 23.6. The number of para-hydroxylation sites is 1. The number of aliphatic imine (C=N–C) groups is 4. The SMILES string of the molecule is Cc1nnc2n1-c1ccccc1C(c1ccccc1)=NC2CC(=O)OC(C)(C)C.Cc1sc2c(c1C)C(c1ccc(Cl)cc1)=NC(CC(=O)OC(C)(C)C)c1ncc(C)n1-2.Cc1sc2c(c1C)C(c1ccc(Cl)cc1)=NC(CC(=O)OC(C)(C)C)c1ncc(C)n1-2.Cc1sc2c(c1C)C(c1ccc(Cl)cc1)=N[C@@H](CNC(=O)OCc1ccccc1)c1ncc(C)n1-2. The van der Waals surface area contributed by atoms with E-state index in [0.29, 0.717) is 20.9 Å². The lowest BCUT2D eigenvalue weighted by molar-refractivity contribution is -0.156. The van der Waals surface area contributed by atoms with Crippen molar-refractivity contribution in [3.05, 3.63) is 319 Å². The minimum atomic E-state index is -0.555. The van der Waals surface area contributed by atoms with E-state index in [2.05, 4.69) is 80.7 Å². The Hall–Kier alpha value is -11.6. The van der Waals surface area contributed by atoms with Crippen LogP contribution >= 0.6 is 68.8 Å². The van der Waals surface area contributed by atoms with E-state index >= 15 is 0 Å². The number of ether oxygens (including phenoxy) is 4. The number of hydrogen-bond donors (Lipinski definition) is 1. The minimum Gasteiger partial charge on any atom is -0.460 e. The first-order valence-electron chi connectivity index (χ1n) is 41.6. The predicted octanol–water partition coefficient (Wildman–Crippen LogP) is 22.8. The van der Waals surface area contributed by atoms with Gasteiger partial charge in [0.25, 0.3) is 0 Å². The fourth-order valence-electron chi connectivity index (χ4n) is 15.3. The van der Waals surface area contributed by atoms with Crippen molar-refractivity contribution in [3.63, 3.8) is 0 Å². The van der Waals surface area contributed by atoms with Crippen LogP contribution in [0.25, 0.3) is 20.7 Å². The summed E-state index contributed by atoms with van der Waals surface area (Å²) in [5.74, 6) is 2.82. The van der Waals surface area contributed by atoms with Crippen molar-refractivity contribution in [2.75, 3.05) is 6.54 Å². The number of hydrogen-bond acceptors (Lipinski definition) is 20. The Morgan fingerprint density at radius 3 is 1.11 bits per heavy atom. The highest BCUT2D eigenvalue weighted by molar-refractivity contribution is 7.16. The van der Waals surface area contributed by atoms with E-state index in [0.717, 1.165) is 134 Å². The summed E-state index contributed by atoms with van der Waals surface area (Å²) in [5.41, 5.74) is 18.4. The van der Waals surface area contributed by atoms with Gasteiger partial charge in [0.05, 0.1) is 54.3 Å². The van der Waals surface area contributed by atoms with Gasteiger partial charge in [-0.3, -0.25) is 52.6 Å². The fourth-order valence-corrected chi connectivity index (χ4v) is 19.4. The molecular formula is C98H101Cl3N14O8S3. The molecule has 1 N–H and O–H groups in total. The molecule has 1 amide bonds. The molecule has 6 aromatic carbocycles. The summed E-state index contributed by atoms with van der Waals surface area (Å²) in [6, 6.07) is 48.9. The standard InChI is InChI=1S/C27H25ClN4O2S.2C24H26ClN3O2S.C23H24N4O2/c1-16-13-29-25-22(14-30-27(33)34-15-19-7-5-4-6-8-19)31-24(20-9-11-21(28)12-10-20)23-17(2)18(3)35-26(23)32(16)25;2*1-13-12-26-22-18(11-19(29)30-24(4,5)6)27-21(16-7-9-17(25)10-8-16)20-14(2)15(3)31-23(20)28(13)22;1-15-25-26-22-18(14-20(28)29-23(2,3)4)24-21(16-10-6-5-7-11-16)17-12-8-9-13-19(17)27(15)22/h4-13,22H,14-15H2,1-3H3,(H,30,33);2*7-10,12,18H,11H2,1-6H3;5-13,18H,14H2,1-4H3/t22-;;;/m0.../s1. The van der Waals surface area contributed by atoms with Gasteiger partial charge in [-0.1, -0.05) is 150 Å². The molecule has 7 aromatic heterocycles. The number of aromatic nitrogens is 9. The molecule has 4 aliphatic rings. The lowest BCUT2D eigenvalue weighted by Crippen LogP contribution is -2.29. The number of fused-ring (bicyclic) bond motifs is 12. The molecule has 126 heavy (non-hydrogen) atoms. The van der Waals surface area contributed by atoms with E-state index in [1.54, 1.807) is 34.0 Å². The zero-order valence-electron chi connectivity index (χ0n) is 74.0. The van der Waals surface area contributed by atoms with E-state index in [1.165, 1.54) is 31.3 Å². The molecule has 28 heteroatoms. The number of amides is 1. The molecule has 0 spiro atoms. The van der Waals surface area contributed by atoms with Crippen LogP contribution in [0, 0.1) is 69.2 Å². The molecule has 0 saturated heterocycles. The van der Waals surface area contributed by atoms with Crippen LogP contribution in [0.3, 0.4) is 0 Å². The maximum atomic E-state index is 12.7. The Balaban J connectivity index is 0.000000137. The summed E-state index contributed by atoms with van der Waals surface area (Å²) in [6.07, 6.45) is 5.39. The number of aryl methyl sites for hydroxylation is 7. The smallest absolute Gasteiger partial charge is 0.407 e. The number of nitrogens with zero attached hydrogens (tertiary/aromatic N) is 13. The molecule has 650 valence electrons. The number of thiophene rings is 3. The zero-order chi connectivity index (χ0) is 90.1. The van der Waals surface area contributed by atoms with Gasteiger partial charge in [0.15, 0.2) is 5.82 Å². The van der Waals surface area contributed by atoms with Crippen molar-refractivity contribution in [1.29, 1.82) is 0 Å². The fraction of sp³-hybridized carbons (Fsp3) is 0.316. The second kappa shape index (κ2) is 37.5. The topological polar surface area (TPSA) is 251 Å². The third kappa shape index (κ3) is 20.3. The van der Waals surface area contributed by atoms with E-state index in [9.17, 15) is 19.2 Å². The first kappa shape index (κ1) is 90.7. The Labute approximate surface area is 761 Å². The summed E-state index contributed by atoms with van der Waals surface area (Å²) in [7, 11) is 0. The highest BCUT2D eigenvalue weighted by Gasteiger charge is 2.38. The number of benzene rings is 6. The number of carbonyl (C=O) groups is 4. The predicted molar refractivity (Wildman–Crippen MR) is 503 cm³/mol. The van der Waals surface area contributed by atoms with Gasteiger partial charge < -0.3 is 24.3 Å². The van der Waals surface area contributed by atoms with Crippen LogP contribution in [-0.2, 0) is 39.9 Å². The molecule has 13 aromatic rings. The largest absolute Gasteiger partial charge is 0.460 e. The van der Waals surface area contributed by atoms with Gasteiger partial charge in [-0.2, -0.15) is 0 Å². The summed E-state index contributed by atoms with van der Waals surface area (Å²) in [4.78, 5) is 88.7. The number of imidazole rings is 3. The van der Waals surface area contributed by atoms with Crippen molar-refractivity contribution >= 4 is 116 Å². The van der Waals surface area contributed by atoms with Gasteiger partial charge in [-0.25, -0.2) is 19.7 Å². The molecule has 17 rings (SSSR count). The van der Waals surface area contributed by atoms with Gasteiger partial charge in [0.2, 0.25) is 0 Å². The number of alkyl carbamates (subject to hydrolysis) is 1. The van der Waals surface area contributed by atoms with E-state index in [4.69, 9.17) is 78.7 Å². The Morgan fingerprint density at radius 1 is 0.389 bits per heavy atom. The average Bonchev–Trinajstić information content (AvgIpc) is 1.60. The van der Waals surface area contributed by atoms with Crippen molar-refractivity contribution in [2.24, 2.45) is 20.0 Å². The molecule has 0 bridgehead atoms. The maximum absolute atomic E-state index is 12.7. The van der Waals surface area contributed by atoms with Crippen LogP contribution in [0.5, 0.6) is 0 Å². The summed E-state index contributed by atoms with van der Waals surface area (Å²) in [5, 5.41) is 16.8. The number of carbonyl (C=O) groups excluding carboxylic acids is 4. The van der Waals surface area contributed by atoms with Gasteiger partial charge >= 0.3 is 24.0 Å². The maximum Gasteiger partial charge on any atom is 0.407 e. The molecule has 3 unspecified atom stereocenters. The van der Waals surface area contributed by atoms with Crippen molar-refractivity contribution in [3.8, 4) is 20.7 Å². The van der Waals surface area contributed by atoms with Gasteiger partial charge in [0, 0.05) is 110 Å².